The molecule has 0 aliphatic carbocycles. The molecule has 1 atom stereocenters. The fraction of sp³-hybridized carbons (Fsp3) is 0.0625. The number of hydrogen-bond acceptors (Lipinski definition) is 7. The van der Waals surface area contributed by atoms with Crippen LogP contribution in [0.4, 0.5) is 5.69 Å². The maximum absolute atomic E-state index is 12.8. The molecule has 152 valence electrons. The molecule has 1 heterocycles. The van der Waals surface area contributed by atoms with Gasteiger partial charge in [0.1, 0.15) is 5.92 Å². The number of nitrogens with zero attached hydrogens (tertiary/aromatic N) is 2. The lowest BCUT2D eigenvalue weighted by Crippen LogP contribution is -2.28. The average Bonchev–Trinajstić information content (AvgIpc) is 2.98. The van der Waals surface area contributed by atoms with Crippen LogP contribution < -0.4 is 5.01 Å². The van der Waals surface area contributed by atoms with Crippen molar-refractivity contribution in [1.29, 1.82) is 0 Å². The molecule has 11 nitrogen and oxygen atoms in total. The van der Waals surface area contributed by atoms with Gasteiger partial charge in [-0.3, -0.25) is 13.9 Å². The molecule has 3 rings (SSSR count). The maximum atomic E-state index is 12.8. The summed E-state index contributed by atoms with van der Waals surface area (Å²) in [6, 6.07) is 8.73. The number of amides is 1. The standard InChI is InChI=1S/C16H12N2O9S2/c19-15-13(9-1-5-11(6-2-9)28(22,23)24)14(16(20)21)17-18(15)10-3-7-12(8-4-10)29(25,26)27/h1-8,13H,(H,20,21)(H,22,23,24)(H,25,26,27). The Morgan fingerprint density at radius 1 is 0.862 bits per heavy atom. The van der Waals surface area contributed by atoms with E-state index in [0.717, 1.165) is 41.4 Å². The van der Waals surface area contributed by atoms with Crippen molar-refractivity contribution in [3.05, 3.63) is 54.1 Å². The Labute approximate surface area is 164 Å². The number of benzene rings is 2. The first-order chi connectivity index (χ1) is 13.4. The molecule has 29 heavy (non-hydrogen) atoms. The monoisotopic (exact) mass is 440 g/mol. The average molecular weight is 440 g/mol. The molecule has 0 aromatic heterocycles. The van der Waals surface area contributed by atoms with Gasteiger partial charge in [-0.25, -0.2) is 4.79 Å². The summed E-state index contributed by atoms with van der Waals surface area (Å²) < 4.78 is 62.5. The highest BCUT2D eigenvalue weighted by Crippen LogP contribution is 2.31. The van der Waals surface area contributed by atoms with E-state index in [9.17, 15) is 31.5 Å². The third kappa shape index (κ3) is 4.02. The van der Waals surface area contributed by atoms with Crippen molar-refractivity contribution in [3.8, 4) is 0 Å². The van der Waals surface area contributed by atoms with E-state index < -0.39 is 53.5 Å². The molecular formula is C16H12N2O9S2. The van der Waals surface area contributed by atoms with Crippen LogP contribution in [0.15, 0.2) is 63.4 Å². The highest BCUT2D eigenvalue weighted by atomic mass is 32.2. The molecular weight excluding hydrogens is 428 g/mol. The second-order valence-corrected chi connectivity index (χ2v) is 8.73. The van der Waals surface area contributed by atoms with Crippen LogP contribution in [-0.2, 0) is 29.8 Å². The lowest BCUT2D eigenvalue weighted by Gasteiger charge is -2.15. The van der Waals surface area contributed by atoms with E-state index in [1.165, 1.54) is 12.1 Å². The first-order valence-corrected chi connectivity index (χ1v) is 10.6. The Hall–Kier alpha value is -3.13. The normalized spacial score (nSPS) is 17.3. The van der Waals surface area contributed by atoms with E-state index in [0.29, 0.717) is 0 Å². The number of anilines is 1. The van der Waals surface area contributed by atoms with Gasteiger partial charge in [-0.2, -0.15) is 26.9 Å². The molecule has 0 saturated heterocycles. The third-order valence-corrected chi connectivity index (χ3v) is 5.78. The van der Waals surface area contributed by atoms with Gasteiger partial charge in [-0.05, 0) is 42.0 Å². The molecule has 13 heteroatoms. The largest absolute Gasteiger partial charge is 0.477 e. The van der Waals surface area contributed by atoms with Gasteiger partial charge in [-0.15, -0.1) is 0 Å². The lowest BCUT2D eigenvalue weighted by molar-refractivity contribution is -0.130. The number of aliphatic carboxylic acids is 1. The zero-order chi connectivity index (χ0) is 21.6. The predicted octanol–water partition coefficient (Wildman–Crippen LogP) is 0.751. The van der Waals surface area contributed by atoms with Crippen LogP contribution in [0.1, 0.15) is 11.5 Å². The van der Waals surface area contributed by atoms with Gasteiger partial charge in [0.25, 0.3) is 26.1 Å². The number of hydrogen-bond donors (Lipinski definition) is 3. The van der Waals surface area contributed by atoms with Crippen LogP contribution in [0.3, 0.4) is 0 Å². The topological polar surface area (TPSA) is 179 Å². The zero-order valence-corrected chi connectivity index (χ0v) is 15.8. The first-order valence-electron chi connectivity index (χ1n) is 7.70. The van der Waals surface area contributed by atoms with Gasteiger partial charge in [0.2, 0.25) is 0 Å². The fourth-order valence-corrected chi connectivity index (χ4v) is 3.66. The summed E-state index contributed by atoms with van der Waals surface area (Å²) in [4.78, 5) is 23.5. The molecule has 0 spiro atoms. The van der Waals surface area contributed by atoms with Crippen LogP contribution in [0.5, 0.6) is 0 Å². The van der Waals surface area contributed by atoms with Crippen LogP contribution in [0.2, 0.25) is 0 Å². The summed E-state index contributed by atoms with van der Waals surface area (Å²) in [7, 11) is -8.92. The number of carbonyl (C=O) groups is 2. The number of carboxylic acids is 1. The van der Waals surface area contributed by atoms with E-state index >= 15 is 0 Å². The quantitative estimate of drug-likeness (QED) is 0.566. The SMILES string of the molecule is O=C(O)C1=NN(c2ccc(S(=O)(=O)O)cc2)C(=O)C1c1ccc(S(=O)(=O)O)cc1. The molecule has 1 amide bonds. The zero-order valence-electron chi connectivity index (χ0n) is 14.2. The summed E-state index contributed by atoms with van der Waals surface area (Å²) >= 11 is 0. The second kappa shape index (κ2) is 7.04. The molecule has 1 unspecified atom stereocenters. The lowest BCUT2D eigenvalue weighted by atomic mass is 9.94. The van der Waals surface area contributed by atoms with Crippen molar-refractivity contribution >= 4 is 43.5 Å². The van der Waals surface area contributed by atoms with E-state index in [1.54, 1.807) is 0 Å². The van der Waals surface area contributed by atoms with Gasteiger partial charge >= 0.3 is 5.97 Å². The second-order valence-electron chi connectivity index (χ2n) is 5.89. The van der Waals surface area contributed by atoms with Crippen molar-refractivity contribution in [2.45, 2.75) is 15.7 Å². The molecule has 0 fully saturated rings. The van der Waals surface area contributed by atoms with Crippen molar-refractivity contribution in [2.24, 2.45) is 5.10 Å². The van der Waals surface area contributed by atoms with Gasteiger partial charge in [-0.1, -0.05) is 12.1 Å². The molecule has 1 aliphatic heterocycles. The Morgan fingerprint density at radius 3 is 1.72 bits per heavy atom. The molecule has 0 radical (unpaired) electrons. The summed E-state index contributed by atoms with van der Waals surface area (Å²) in [5.74, 6) is -3.62. The van der Waals surface area contributed by atoms with Gasteiger partial charge in [0.15, 0.2) is 5.71 Å². The van der Waals surface area contributed by atoms with Crippen LogP contribution in [0, 0.1) is 0 Å². The van der Waals surface area contributed by atoms with E-state index in [4.69, 9.17) is 9.11 Å². The van der Waals surface area contributed by atoms with Gasteiger partial charge in [0, 0.05) is 0 Å². The van der Waals surface area contributed by atoms with Gasteiger partial charge < -0.3 is 5.11 Å². The van der Waals surface area contributed by atoms with E-state index in [2.05, 4.69) is 5.10 Å². The number of hydrazone groups is 1. The Bertz CT molecular complexity index is 1230. The van der Waals surface area contributed by atoms with Crippen LogP contribution >= 0.6 is 0 Å². The number of rotatable bonds is 5. The summed E-state index contributed by atoms with van der Waals surface area (Å²) in [5.41, 5.74) is -0.354. The van der Waals surface area contributed by atoms with Crippen molar-refractivity contribution < 1.29 is 40.6 Å². The highest BCUT2D eigenvalue weighted by Gasteiger charge is 2.41. The van der Waals surface area contributed by atoms with Crippen molar-refractivity contribution in [3.63, 3.8) is 0 Å². The molecule has 3 N–H and O–H groups in total. The molecule has 2 aromatic rings. The van der Waals surface area contributed by atoms with Crippen molar-refractivity contribution in [2.75, 3.05) is 5.01 Å². The summed E-state index contributed by atoms with van der Waals surface area (Å²) in [6.45, 7) is 0. The van der Waals surface area contributed by atoms with E-state index in [1.807, 2.05) is 0 Å². The highest BCUT2D eigenvalue weighted by molar-refractivity contribution is 7.86. The molecule has 0 saturated carbocycles. The summed E-state index contributed by atoms with van der Waals surface area (Å²) in [5, 5.41) is 13.9. The molecule has 2 aromatic carbocycles. The minimum atomic E-state index is -4.47. The fourth-order valence-electron chi connectivity index (χ4n) is 2.70. The third-order valence-electron chi connectivity index (χ3n) is 4.05. The van der Waals surface area contributed by atoms with Gasteiger partial charge in [0.05, 0.1) is 15.5 Å². The number of carboxylic acid groups (broad SMARTS) is 1. The molecule has 0 bridgehead atoms. The predicted molar refractivity (Wildman–Crippen MR) is 97.8 cm³/mol. The first kappa shape index (κ1) is 20.6. The minimum absolute atomic E-state index is 0.0539. The Kier molecular flexibility index (Phi) is 5.00. The van der Waals surface area contributed by atoms with Crippen LogP contribution in [-0.4, -0.2) is 48.6 Å². The Morgan fingerprint density at radius 2 is 1.31 bits per heavy atom. The molecule has 1 aliphatic rings. The van der Waals surface area contributed by atoms with Crippen LogP contribution in [0.25, 0.3) is 0 Å². The number of carbonyl (C=O) groups excluding carboxylic acids is 1. The van der Waals surface area contributed by atoms with E-state index in [-0.39, 0.29) is 11.3 Å². The van der Waals surface area contributed by atoms with Crippen molar-refractivity contribution in [1.82, 2.24) is 0 Å². The minimum Gasteiger partial charge on any atom is -0.477 e. The summed E-state index contributed by atoms with van der Waals surface area (Å²) in [6.07, 6.45) is 0. The maximum Gasteiger partial charge on any atom is 0.353 e. The Balaban J connectivity index is 2.00. The smallest absolute Gasteiger partial charge is 0.353 e.